The van der Waals surface area contributed by atoms with Gasteiger partial charge in [-0.1, -0.05) is 41.4 Å². The summed E-state index contributed by atoms with van der Waals surface area (Å²) in [5, 5.41) is 0.723. The third-order valence-electron chi connectivity index (χ3n) is 5.85. The van der Waals surface area contributed by atoms with Gasteiger partial charge in [-0.15, -0.1) is 0 Å². The second-order valence-electron chi connectivity index (χ2n) is 8.33. The molecule has 1 aliphatic rings. The van der Waals surface area contributed by atoms with Crippen LogP contribution >= 0.6 is 23.2 Å². The average molecular weight is 518 g/mol. The molecule has 0 aliphatic carbocycles. The predicted molar refractivity (Wildman–Crippen MR) is 138 cm³/mol. The van der Waals surface area contributed by atoms with Gasteiger partial charge in [0.15, 0.2) is 0 Å². The standard InChI is InChI=1S/C25H25Cl2N3O3S/c1-17-6-7-18(2)23(14-17)28-34(32,33)24-15-19(8-9-22(24)27)25(31)30-12-10-29(11-13-30)21-5-3-4-20(26)16-21/h3-9,14-16,28H,10-13H2,1-2H3. The van der Waals surface area contributed by atoms with E-state index in [0.29, 0.717) is 36.9 Å². The molecule has 1 aliphatic heterocycles. The van der Waals surface area contributed by atoms with Crippen molar-refractivity contribution in [3.8, 4) is 0 Å². The Morgan fingerprint density at radius 2 is 1.65 bits per heavy atom. The highest BCUT2D eigenvalue weighted by atomic mass is 35.5. The molecular weight excluding hydrogens is 493 g/mol. The van der Waals surface area contributed by atoms with E-state index in [4.69, 9.17) is 23.2 Å². The molecule has 9 heteroatoms. The Labute approximate surface area is 210 Å². The van der Waals surface area contributed by atoms with Crippen LogP contribution < -0.4 is 9.62 Å². The number of sulfonamides is 1. The molecule has 0 atom stereocenters. The van der Waals surface area contributed by atoms with Crippen LogP contribution in [0.15, 0.2) is 65.6 Å². The summed E-state index contributed by atoms with van der Waals surface area (Å²) in [6.45, 7) is 6.03. The number of halogens is 2. The molecule has 1 saturated heterocycles. The van der Waals surface area contributed by atoms with E-state index in [9.17, 15) is 13.2 Å². The van der Waals surface area contributed by atoms with E-state index in [1.165, 1.54) is 12.1 Å². The molecule has 1 heterocycles. The van der Waals surface area contributed by atoms with Crippen molar-refractivity contribution in [2.75, 3.05) is 35.8 Å². The van der Waals surface area contributed by atoms with Crippen molar-refractivity contribution in [3.05, 3.63) is 87.4 Å². The molecule has 4 rings (SSSR count). The lowest BCUT2D eigenvalue weighted by Gasteiger charge is -2.36. The minimum absolute atomic E-state index is 0.0557. The number of anilines is 2. The van der Waals surface area contributed by atoms with Gasteiger partial charge < -0.3 is 9.80 Å². The molecule has 1 fully saturated rings. The normalized spacial score (nSPS) is 14.2. The number of amides is 1. The van der Waals surface area contributed by atoms with Crippen molar-refractivity contribution >= 4 is 50.5 Å². The quantitative estimate of drug-likeness (QED) is 0.493. The molecule has 3 aromatic rings. The topological polar surface area (TPSA) is 69.7 Å². The van der Waals surface area contributed by atoms with Gasteiger partial charge in [-0.05, 0) is 67.4 Å². The number of aryl methyl sites for hydroxylation is 2. The van der Waals surface area contributed by atoms with Gasteiger partial charge >= 0.3 is 0 Å². The molecule has 3 aromatic carbocycles. The molecule has 0 bridgehead atoms. The number of nitrogens with zero attached hydrogens (tertiary/aromatic N) is 2. The first-order chi connectivity index (χ1) is 16.1. The molecular formula is C25H25Cl2N3O3S. The fourth-order valence-corrected chi connectivity index (χ4v) is 5.74. The first-order valence-corrected chi connectivity index (χ1v) is 13.1. The van der Waals surface area contributed by atoms with Gasteiger partial charge in [0, 0.05) is 42.5 Å². The van der Waals surface area contributed by atoms with E-state index >= 15 is 0 Å². The highest BCUT2D eigenvalue weighted by Crippen LogP contribution is 2.28. The first-order valence-electron chi connectivity index (χ1n) is 10.8. The van der Waals surface area contributed by atoms with E-state index in [0.717, 1.165) is 16.8 Å². The number of hydrogen-bond donors (Lipinski definition) is 1. The monoisotopic (exact) mass is 517 g/mol. The van der Waals surface area contributed by atoms with Crippen molar-refractivity contribution in [2.45, 2.75) is 18.7 Å². The minimum atomic E-state index is -3.99. The highest BCUT2D eigenvalue weighted by Gasteiger charge is 2.25. The Balaban J connectivity index is 1.51. The van der Waals surface area contributed by atoms with Crippen molar-refractivity contribution in [1.82, 2.24) is 4.90 Å². The summed E-state index contributed by atoms with van der Waals surface area (Å²) in [5.74, 6) is -0.231. The lowest BCUT2D eigenvalue weighted by atomic mass is 10.1. The average Bonchev–Trinajstić information content (AvgIpc) is 2.81. The summed E-state index contributed by atoms with van der Waals surface area (Å²) in [6.07, 6.45) is 0. The molecule has 0 saturated carbocycles. The molecule has 0 radical (unpaired) electrons. The van der Waals surface area contributed by atoms with Gasteiger partial charge in [-0.3, -0.25) is 9.52 Å². The summed E-state index contributed by atoms with van der Waals surface area (Å²) in [6, 6.07) is 17.5. The number of rotatable bonds is 5. The van der Waals surface area contributed by atoms with E-state index < -0.39 is 10.0 Å². The van der Waals surface area contributed by atoms with Crippen LogP contribution in [0.2, 0.25) is 10.0 Å². The number of carbonyl (C=O) groups excluding carboxylic acids is 1. The number of carbonyl (C=O) groups is 1. The molecule has 178 valence electrons. The van der Waals surface area contributed by atoms with E-state index in [1.807, 2.05) is 50.2 Å². The van der Waals surface area contributed by atoms with Crippen LogP contribution in [0.3, 0.4) is 0 Å². The summed E-state index contributed by atoms with van der Waals surface area (Å²) in [4.78, 5) is 16.9. The van der Waals surface area contributed by atoms with E-state index in [-0.39, 0.29) is 21.4 Å². The van der Waals surface area contributed by atoms with Crippen LogP contribution in [0.4, 0.5) is 11.4 Å². The Morgan fingerprint density at radius 1 is 0.912 bits per heavy atom. The van der Waals surface area contributed by atoms with Crippen molar-refractivity contribution in [3.63, 3.8) is 0 Å². The van der Waals surface area contributed by atoms with Crippen molar-refractivity contribution < 1.29 is 13.2 Å². The van der Waals surface area contributed by atoms with Crippen LogP contribution in [0.25, 0.3) is 0 Å². The fourth-order valence-electron chi connectivity index (χ4n) is 3.91. The van der Waals surface area contributed by atoms with Crippen LogP contribution in [-0.4, -0.2) is 45.4 Å². The van der Waals surface area contributed by atoms with Crippen molar-refractivity contribution in [1.29, 1.82) is 0 Å². The van der Waals surface area contributed by atoms with Gasteiger partial charge in [-0.25, -0.2) is 8.42 Å². The SMILES string of the molecule is Cc1ccc(C)c(NS(=O)(=O)c2cc(C(=O)N3CCN(c4cccc(Cl)c4)CC3)ccc2Cl)c1. The number of hydrogen-bond acceptors (Lipinski definition) is 4. The number of piperazine rings is 1. The van der Waals surface area contributed by atoms with E-state index in [2.05, 4.69) is 9.62 Å². The van der Waals surface area contributed by atoms with Crippen molar-refractivity contribution in [2.24, 2.45) is 0 Å². The zero-order chi connectivity index (χ0) is 24.5. The molecule has 0 unspecified atom stereocenters. The maximum Gasteiger partial charge on any atom is 0.263 e. The van der Waals surface area contributed by atoms with Gasteiger partial charge in [0.25, 0.3) is 15.9 Å². The Hall–Kier alpha value is -2.74. The summed E-state index contributed by atoms with van der Waals surface area (Å²) in [5.41, 5.74) is 3.48. The molecule has 0 spiro atoms. The number of nitrogens with one attached hydrogen (secondary N) is 1. The van der Waals surface area contributed by atoms with E-state index in [1.54, 1.807) is 17.0 Å². The van der Waals surface area contributed by atoms with Crippen LogP contribution in [0.5, 0.6) is 0 Å². The van der Waals surface area contributed by atoms with Crippen LogP contribution in [0.1, 0.15) is 21.5 Å². The molecule has 1 N–H and O–H groups in total. The maximum atomic E-state index is 13.2. The lowest BCUT2D eigenvalue weighted by molar-refractivity contribution is 0.0746. The molecule has 0 aromatic heterocycles. The largest absolute Gasteiger partial charge is 0.368 e. The van der Waals surface area contributed by atoms with Gasteiger partial charge in [0.05, 0.1) is 10.7 Å². The van der Waals surface area contributed by atoms with Gasteiger partial charge in [-0.2, -0.15) is 0 Å². The Bertz CT molecular complexity index is 1340. The lowest BCUT2D eigenvalue weighted by Crippen LogP contribution is -2.48. The van der Waals surface area contributed by atoms with Gasteiger partial charge in [0.1, 0.15) is 4.90 Å². The summed E-state index contributed by atoms with van der Waals surface area (Å²) < 4.78 is 28.9. The maximum absolute atomic E-state index is 13.2. The predicted octanol–water partition coefficient (Wildman–Crippen LogP) is 5.37. The number of benzene rings is 3. The highest BCUT2D eigenvalue weighted by molar-refractivity contribution is 7.92. The van der Waals surface area contributed by atoms with Crippen LogP contribution in [0, 0.1) is 13.8 Å². The molecule has 6 nitrogen and oxygen atoms in total. The third kappa shape index (κ3) is 5.32. The second kappa shape index (κ2) is 9.86. The zero-order valence-electron chi connectivity index (χ0n) is 18.9. The minimum Gasteiger partial charge on any atom is -0.368 e. The summed E-state index contributed by atoms with van der Waals surface area (Å²) >= 11 is 12.3. The molecule has 1 amide bonds. The molecule has 34 heavy (non-hydrogen) atoms. The fraction of sp³-hybridized carbons (Fsp3) is 0.240. The smallest absolute Gasteiger partial charge is 0.263 e. The summed E-state index contributed by atoms with van der Waals surface area (Å²) in [7, 11) is -3.99. The third-order valence-corrected chi connectivity index (χ3v) is 7.93. The van der Waals surface area contributed by atoms with Crippen LogP contribution in [-0.2, 0) is 10.0 Å². The Morgan fingerprint density at radius 3 is 2.35 bits per heavy atom. The first kappa shape index (κ1) is 24.4. The second-order valence-corrected chi connectivity index (χ2v) is 10.8. The zero-order valence-corrected chi connectivity index (χ0v) is 21.2. The van der Waals surface area contributed by atoms with Gasteiger partial charge in [0.2, 0.25) is 0 Å². The Kier molecular flexibility index (Phi) is 7.07.